The molecular weight excluding hydrogens is 458 g/mol. The van der Waals surface area contributed by atoms with E-state index in [1.54, 1.807) is 19.2 Å². The number of hydrogen-bond donors (Lipinski definition) is 2. The van der Waals surface area contributed by atoms with Crippen molar-refractivity contribution in [3.8, 4) is 0 Å². The number of benzene rings is 1. The van der Waals surface area contributed by atoms with Gasteiger partial charge in [-0.15, -0.1) is 0 Å². The minimum absolute atomic E-state index is 0.0348. The molecule has 0 bridgehead atoms. The quantitative estimate of drug-likeness (QED) is 0.370. The summed E-state index contributed by atoms with van der Waals surface area (Å²) in [7, 11) is -3.90. The molecule has 190 valence electrons. The lowest BCUT2D eigenvalue weighted by molar-refractivity contribution is 0.210. The van der Waals surface area contributed by atoms with Crippen LogP contribution in [0.3, 0.4) is 0 Å². The van der Waals surface area contributed by atoms with Crippen molar-refractivity contribution < 1.29 is 8.42 Å². The zero-order chi connectivity index (χ0) is 26.3. The molecule has 8 heteroatoms. The van der Waals surface area contributed by atoms with Crippen molar-refractivity contribution in [3.05, 3.63) is 82.2 Å². The largest absolute Gasteiger partial charge is 0.385 e. The van der Waals surface area contributed by atoms with E-state index in [1.165, 1.54) is 6.08 Å². The van der Waals surface area contributed by atoms with E-state index in [0.717, 1.165) is 60.0 Å². The topological polar surface area (TPSA) is 91.0 Å². The lowest BCUT2D eigenvalue weighted by Crippen LogP contribution is -2.46. The van der Waals surface area contributed by atoms with Crippen LogP contribution in [0.4, 0.5) is 5.69 Å². The number of aryl methyl sites for hydroxylation is 1. The fraction of sp³-hybridized carbons (Fsp3) is 0.370. The molecule has 0 aromatic heterocycles. The summed E-state index contributed by atoms with van der Waals surface area (Å²) in [5.41, 5.74) is 11.6. The summed E-state index contributed by atoms with van der Waals surface area (Å²) in [4.78, 5) is 8.74. The molecule has 2 rings (SSSR count). The van der Waals surface area contributed by atoms with Crippen molar-refractivity contribution in [2.45, 2.75) is 41.5 Å². The minimum Gasteiger partial charge on any atom is -0.385 e. The van der Waals surface area contributed by atoms with Crippen LogP contribution in [-0.2, 0) is 10.0 Å². The standard InChI is InChI=1S/C27H39N5O2S/c1-9-20(6)26(29-11-3)25(10-2)35(33,34)30-24-13-12-23(18-21(24)7)22(8)31-14-16-32(17-15-31)27(28)19(4)5/h9-13,18,30H,2,8,14-17,28H2,1,3-7H3/b20-9-,26-25-,29-11?. The van der Waals surface area contributed by atoms with E-state index in [1.807, 2.05) is 52.8 Å². The lowest BCUT2D eigenvalue weighted by Gasteiger charge is -2.38. The average Bonchev–Trinajstić information content (AvgIpc) is 2.83. The van der Waals surface area contributed by atoms with Gasteiger partial charge in [-0.3, -0.25) is 9.71 Å². The number of nitrogens with two attached hydrogens (primary N) is 1. The Bertz CT molecular complexity index is 1190. The Morgan fingerprint density at radius 1 is 1.11 bits per heavy atom. The molecule has 0 aliphatic carbocycles. The fourth-order valence-corrected chi connectivity index (χ4v) is 5.15. The third-order valence-corrected chi connectivity index (χ3v) is 7.52. The number of allylic oxidation sites excluding steroid dienone is 4. The molecule has 0 radical (unpaired) electrons. The molecule has 35 heavy (non-hydrogen) atoms. The number of rotatable bonds is 9. The maximum Gasteiger partial charge on any atom is 0.264 e. The van der Waals surface area contributed by atoms with Gasteiger partial charge >= 0.3 is 0 Å². The third-order valence-electron chi connectivity index (χ3n) is 6.09. The summed E-state index contributed by atoms with van der Waals surface area (Å²) in [6, 6.07) is 5.62. The van der Waals surface area contributed by atoms with Gasteiger partial charge in [0.05, 0.1) is 17.2 Å². The summed E-state index contributed by atoms with van der Waals surface area (Å²) in [5.74, 6) is 0.841. The smallest absolute Gasteiger partial charge is 0.264 e. The summed E-state index contributed by atoms with van der Waals surface area (Å²) < 4.78 is 29.2. The van der Waals surface area contributed by atoms with Gasteiger partial charge in [0.25, 0.3) is 10.0 Å². The summed E-state index contributed by atoms with van der Waals surface area (Å²) in [6.07, 6.45) is 4.71. The Kier molecular flexibility index (Phi) is 9.54. The summed E-state index contributed by atoms with van der Waals surface area (Å²) in [5, 5.41) is 0. The predicted octanol–water partition coefficient (Wildman–Crippen LogP) is 4.99. The number of aliphatic imine (C=N–C) groups is 1. The highest BCUT2D eigenvalue weighted by atomic mass is 32.2. The predicted molar refractivity (Wildman–Crippen MR) is 149 cm³/mol. The minimum atomic E-state index is -3.90. The van der Waals surface area contributed by atoms with Gasteiger partial charge < -0.3 is 15.5 Å². The number of hydrogen-bond acceptors (Lipinski definition) is 6. The normalized spacial score (nSPS) is 15.7. The Hall–Kier alpha value is -3.26. The van der Waals surface area contributed by atoms with Crippen molar-refractivity contribution >= 4 is 27.6 Å². The van der Waals surface area contributed by atoms with Crippen LogP contribution >= 0.6 is 0 Å². The van der Waals surface area contributed by atoms with Gasteiger partial charge in [0.1, 0.15) is 4.91 Å². The highest BCUT2D eigenvalue weighted by Gasteiger charge is 2.23. The maximum atomic E-state index is 13.2. The second kappa shape index (κ2) is 11.9. The summed E-state index contributed by atoms with van der Waals surface area (Å²) in [6.45, 7) is 22.6. The molecule has 0 saturated carbocycles. The molecule has 0 amide bonds. The highest BCUT2D eigenvalue weighted by molar-refractivity contribution is 7.96. The van der Waals surface area contributed by atoms with Crippen molar-refractivity contribution in [2.75, 3.05) is 30.9 Å². The Balaban J connectivity index is 2.25. The van der Waals surface area contributed by atoms with Crippen LogP contribution in [-0.4, -0.2) is 50.6 Å². The Morgan fingerprint density at radius 2 is 1.71 bits per heavy atom. The number of anilines is 1. The molecule has 1 heterocycles. The van der Waals surface area contributed by atoms with Crippen LogP contribution in [0.15, 0.2) is 76.1 Å². The number of nitrogens with one attached hydrogen (secondary N) is 1. The van der Waals surface area contributed by atoms with Crippen LogP contribution in [0.1, 0.15) is 45.7 Å². The van der Waals surface area contributed by atoms with E-state index in [0.29, 0.717) is 11.4 Å². The molecule has 7 nitrogen and oxygen atoms in total. The van der Waals surface area contributed by atoms with Crippen molar-refractivity contribution in [2.24, 2.45) is 10.7 Å². The first kappa shape index (κ1) is 28.0. The highest BCUT2D eigenvalue weighted by Crippen LogP contribution is 2.28. The zero-order valence-electron chi connectivity index (χ0n) is 21.9. The van der Waals surface area contributed by atoms with Gasteiger partial charge in [-0.25, -0.2) is 8.42 Å². The third kappa shape index (κ3) is 6.66. The fourth-order valence-electron chi connectivity index (χ4n) is 3.83. The molecule has 1 aliphatic rings. The number of sulfonamides is 1. The molecule has 0 unspecified atom stereocenters. The van der Waals surface area contributed by atoms with E-state index >= 15 is 0 Å². The van der Waals surface area contributed by atoms with E-state index < -0.39 is 10.0 Å². The molecule has 1 aliphatic heterocycles. The van der Waals surface area contributed by atoms with E-state index in [9.17, 15) is 8.42 Å². The number of piperazine rings is 1. The van der Waals surface area contributed by atoms with Gasteiger partial charge in [0.2, 0.25) is 0 Å². The van der Waals surface area contributed by atoms with Gasteiger partial charge in [0, 0.05) is 38.1 Å². The van der Waals surface area contributed by atoms with Crippen LogP contribution in [0.25, 0.3) is 5.70 Å². The van der Waals surface area contributed by atoms with Gasteiger partial charge in [-0.1, -0.05) is 25.3 Å². The molecule has 3 N–H and O–H groups in total. The van der Waals surface area contributed by atoms with Gasteiger partial charge in [-0.2, -0.15) is 0 Å². The first-order valence-corrected chi connectivity index (χ1v) is 13.2. The second-order valence-electron chi connectivity index (χ2n) is 8.72. The van der Waals surface area contributed by atoms with Gasteiger partial charge in [0.15, 0.2) is 0 Å². The molecule has 1 saturated heterocycles. The van der Waals surface area contributed by atoms with Crippen LogP contribution < -0.4 is 10.5 Å². The van der Waals surface area contributed by atoms with Crippen LogP contribution in [0.2, 0.25) is 0 Å². The zero-order valence-corrected chi connectivity index (χ0v) is 22.7. The lowest BCUT2D eigenvalue weighted by atomic mass is 10.1. The molecule has 1 aromatic rings. The molecule has 1 aromatic carbocycles. The average molecular weight is 498 g/mol. The monoisotopic (exact) mass is 497 g/mol. The molecule has 1 fully saturated rings. The first-order chi connectivity index (χ1) is 16.5. The van der Waals surface area contributed by atoms with Crippen LogP contribution in [0, 0.1) is 6.92 Å². The molecule has 0 atom stereocenters. The Labute approximate surface area is 211 Å². The SMILES string of the molecule is C=C/C(=C(N=CC)\C(C)=C/C)S(=O)(=O)Nc1ccc(C(=C)N2CCN(C(N)=C(C)C)CC2)cc1C. The number of nitrogens with zero attached hydrogens (tertiary/aromatic N) is 3. The van der Waals surface area contributed by atoms with Crippen molar-refractivity contribution in [1.29, 1.82) is 0 Å². The maximum absolute atomic E-state index is 13.2. The second-order valence-corrected chi connectivity index (χ2v) is 10.4. The van der Waals surface area contributed by atoms with Gasteiger partial charge in [-0.05, 0) is 82.0 Å². The van der Waals surface area contributed by atoms with Crippen LogP contribution in [0.5, 0.6) is 0 Å². The molecule has 0 spiro atoms. The summed E-state index contributed by atoms with van der Waals surface area (Å²) >= 11 is 0. The van der Waals surface area contributed by atoms with E-state index in [4.69, 9.17) is 5.73 Å². The Morgan fingerprint density at radius 3 is 2.20 bits per heavy atom. The van der Waals surface area contributed by atoms with E-state index in [-0.39, 0.29) is 4.91 Å². The van der Waals surface area contributed by atoms with Crippen molar-refractivity contribution in [1.82, 2.24) is 9.80 Å². The van der Waals surface area contributed by atoms with Crippen molar-refractivity contribution in [3.63, 3.8) is 0 Å². The van der Waals surface area contributed by atoms with E-state index in [2.05, 4.69) is 32.7 Å². The first-order valence-electron chi connectivity index (χ1n) is 11.7. The molecular formula is C27H39N5O2S.